The third-order valence-electron chi connectivity index (χ3n) is 4.24. The van der Waals surface area contributed by atoms with Crippen LogP contribution < -0.4 is 5.32 Å². The number of halogens is 3. The van der Waals surface area contributed by atoms with Crippen LogP contribution in [0.4, 0.5) is 13.2 Å². The lowest BCUT2D eigenvalue weighted by Gasteiger charge is -2.27. The molecule has 0 bridgehead atoms. The van der Waals surface area contributed by atoms with Gasteiger partial charge in [0.25, 0.3) is 5.91 Å². The standard InChI is InChI=1S/C20H21F3N2O3S/c1-19(2,3)24-17(26)14-10-29-11-25(14)18(27)16-8-7-15(28-16)12-5-4-6-13(9-12)20(21,22)23/h4-9,14H,10-11H2,1-3H3,(H,24,26). The van der Waals surface area contributed by atoms with Crippen molar-refractivity contribution in [2.45, 2.75) is 38.5 Å². The van der Waals surface area contributed by atoms with E-state index in [2.05, 4.69) is 5.32 Å². The quantitative estimate of drug-likeness (QED) is 0.791. The van der Waals surface area contributed by atoms with Crippen LogP contribution in [0.3, 0.4) is 0 Å². The molecule has 0 saturated carbocycles. The van der Waals surface area contributed by atoms with Gasteiger partial charge in [-0.25, -0.2) is 0 Å². The summed E-state index contributed by atoms with van der Waals surface area (Å²) in [6.45, 7) is 5.56. The van der Waals surface area contributed by atoms with Gasteiger partial charge in [0.15, 0.2) is 5.76 Å². The Labute approximate surface area is 170 Å². The van der Waals surface area contributed by atoms with E-state index >= 15 is 0 Å². The van der Waals surface area contributed by atoms with Gasteiger partial charge in [-0.1, -0.05) is 12.1 Å². The van der Waals surface area contributed by atoms with Crippen LogP contribution in [0.15, 0.2) is 40.8 Å². The summed E-state index contributed by atoms with van der Waals surface area (Å²) in [7, 11) is 0. The first-order valence-electron chi connectivity index (χ1n) is 8.94. The van der Waals surface area contributed by atoms with E-state index in [1.807, 2.05) is 20.8 Å². The van der Waals surface area contributed by atoms with E-state index in [1.165, 1.54) is 40.9 Å². The van der Waals surface area contributed by atoms with Gasteiger partial charge in [-0.3, -0.25) is 9.59 Å². The lowest BCUT2D eigenvalue weighted by atomic mass is 10.1. The molecular weight excluding hydrogens is 405 g/mol. The first kappa shape index (κ1) is 21.3. The predicted octanol–water partition coefficient (Wildman–Crippen LogP) is 4.40. The lowest BCUT2D eigenvalue weighted by molar-refractivity contribution is -0.137. The summed E-state index contributed by atoms with van der Waals surface area (Å²) in [5.74, 6) is 0.216. The highest BCUT2D eigenvalue weighted by molar-refractivity contribution is 7.99. The van der Waals surface area contributed by atoms with E-state index in [4.69, 9.17) is 4.42 Å². The van der Waals surface area contributed by atoms with Crippen LogP contribution in [0.5, 0.6) is 0 Å². The van der Waals surface area contributed by atoms with Crippen LogP contribution in [0.1, 0.15) is 36.9 Å². The third-order valence-corrected chi connectivity index (χ3v) is 5.25. The molecule has 3 rings (SSSR count). The molecule has 2 amide bonds. The number of carbonyl (C=O) groups is 2. The second-order valence-corrected chi connectivity index (χ2v) is 8.77. The molecule has 1 fully saturated rings. The van der Waals surface area contributed by atoms with E-state index in [0.717, 1.165) is 12.1 Å². The number of alkyl halides is 3. The molecule has 9 heteroatoms. The normalized spacial score (nSPS) is 17.4. The highest BCUT2D eigenvalue weighted by Crippen LogP contribution is 2.33. The van der Waals surface area contributed by atoms with Crippen molar-refractivity contribution in [3.8, 4) is 11.3 Å². The molecule has 1 atom stereocenters. The SMILES string of the molecule is CC(C)(C)NC(=O)C1CSCN1C(=O)c1ccc(-c2cccc(C(F)(F)F)c2)o1. The summed E-state index contributed by atoms with van der Waals surface area (Å²) in [6, 6.07) is 6.95. The number of furan rings is 1. The van der Waals surface area contributed by atoms with E-state index in [-0.39, 0.29) is 23.0 Å². The number of thioether (sulfide) groups is 1. The minimum absolute atomic E-state index is 0.0199. The Morgan fingerprint density at radius 1 is 1.17 bits per heavy atom. The largest absolute Gasteiger partial charge is 0.451 e. The zero-order chi connectivity index (χ0) is 21.4. The fraction of sp³-hybridized carbons (Fsp3) is 0.400. The Morgan fingerprint density at radius 3 is 2.55 bits per heavy atom. The minimum atomic E-state index is -4.47. The van der Waals surface area contributed by atoms with Crippen molar-refractivity contribution in [2.24, 2.45) is 0 Å². The number of carbonyl (C=O) groups excluding carboxylic acids is 2. The van der Waals surface area contributed by atoms with Crippen molar-refractivity contribution < 1.29 is 27.2 Å². The Balaban J connectivity index is 1.80. The van der Waals surface area contributed by atoms with Crippen molar-refractivity contribution in [1.82, 2.24) is 10.2 Å². The fourth-order valence-corrected chi connectivity index (χ4v) is 4.07. The number of nitrogens with one attached hydrogen (secondary N) is 1. The Morgan fingerprint density at radius 2 is 1.90 bits per heavy atom. The van der Waals surface area contributed by atoms with Crippen molar-refractivity contribution in [1.29, 1.82) is 0 Å². The molecule has 1 saturated heterocycles. The summed E-state index contributed by atoms with van der Waals surface area (Å²) in [4.78, 5) is 26.8. The molecule has 1 aliphatic rings. The Hall–Kier alpha value is -2.42. The van der Waals surface area contributed by atoms with Gasteiger partial charge in [-0.15, -0.1) is 11.8 Å². The molecule has 1 aromatic heterocycles. The number of benzene rings is 1. The molecule has 0 aliphatic carbocycles. The average Bonchev–Trinajstić information content (AvgIpc) is 3.29. The maximum Gasteiger partial charge on any atom is 0.416 e. The molecule has 1 aromatic carbocycles. The highest BCUT2D eigenvalue weighted by Gasteiger charge is 2.37. The molecule has 2 heterocycles. The molecule has 1 unspecified atom stereocenters. The zero-order valence-corrected chi connectivity index (χ0v) is 17.0. The van der Waals surface area contributed by atoms with Crippen LogP contribution in [-0.2, 0) is 11.0 Å². The molecule has 5 nitrogen and oxygen atoms in total. The summed E-state index contributed by atoms with van der Waals surface area (Å²) in [5.41, 5.74) is -1.01. The highest BCUT2D eigenvalue weighted by atomic mass is 32.2. The molecule has 0 spiro atoms. The maximum absolute atomic E-state index is 12.9. The summed E-state index contributed by atoms with van der Waals surface area (Å²) in [5, 5.41) is 2.87. The van der Waals surface area contributed by atoms with Crippen molar-refractivity contribution in [3.05, 3.63) is 47.7 Å². The van der Waals surface area contributed by atoms with E-state index in [1.54, 1.807) is 0 Å². The van der Waals surface area contributed by atoms with Crippen LogP contribution in [0.2, 0.25) is 0 Å². The van der Waals surface area contributed by atoms with Crippen LogP contribution in [-0.4, -0.2) is 39.9 Å². The van der Waals surface area contributed by atoms with E-state index in [0.29, 0.717) is 11.6 Å². The van der Waals surface area contributed by atoms with Crippen molar-refractivity contribution in [2.75, 3.05) is 11.6 Å². The molecule has 1 aliphatic heterocycles. The van der Waals surface area contributed by atoms with Gasteiger partial charge in [-0.05, 0) is 45.0 Å². The first-order valence-corrected chi connectivity index (χ1v) is 10.1. The number of nitrogens with zero attached hydrogens (tertiary/aromatic N) is 1. The predicted molar refractivity (Wildman–Crippen MR) is 104 cm³/mol. The van der Waals surface area contributed by atoms with E-state index in [9.17, 15) is 22.8 Å². The van der Waals surface area contributed by atoms with Gasteiger partial charge in [0.2, 0.25) is 5.91 Å². The molecule has 2 aromatic rings. The van der Waals surface area contributed by atoms with Gasteiger partial charge in [-0.2, -0.15) is 13.2 Å². The molecule has 29 heavy (non-hydrogen) atoms. The summed E-state index contributed by atoms with van der Waals surface area (Å²) >= 11 is 1.45. The summed E-state index contributed by atoms with van der Waals surface area (Å²) in [6.07, 6.45) is -4.47. The van der Waals surface area contributed by atoms with Crippen LogP contribution >= 0.6 is 11.8 Å². The van der Waals surface area contributed by atoms with E-state index < -0.39 is 29.2 Å². The minimum Gasteiger partial charge on any atom is -0.451 e. The third kappa shape index (κ3) is 4.95. The second kappa shape index (κ2) is 7.78. The smallest absolute Gasteiger partial charge is 0.416 e. The monoisotopic (exact) mass is 426 g/mol. The van der Waals surface area contributed by atoms with Gasteiger partial charge in [0.1, 0.15) is 11.8 Å². The second-order valence-electron chi connectivity index (χ2n) is 7.77. The molecular formula is C20H21F3N2O3S. The summed E-state index contributed by atoms with van der Waals surface area (Å²) < 4.78 is 44.3. The number of rotatable bonds is 3. The van der Waals surface area contributed by atoms with Gasteiger partial charge < -0.3 is 14.6 Å². The van der Waals surface area contributed by atoms with Crippen LogP contribution in [0.25, 0.3) is 11.3 Å². The van der Waals surface area contributed by atoms with Gasteiger partial charge >= 0.3 is 6.18 Å². The lowest BCUT2D eigenvalue weighted by Crippen LogP contribution is -2.52. The zero-order valence-electron chi connectivity index (χ0n) is 16.2. The fourth-order valence-electron chi connectivity index (χ4n) is 2.91. The average molecular weight is 426 g/mol. The molecule has 156 valence electrons. The topological polar surface area (TPSA) is 62.6 Å². The van der Waals surface area contributed by atoms with Crippen molar-refractivity contribution >= 4 is 23.6 Å². The number of amides is 2. The molecule has 0 radical (unpaired) electrons. The Kier molecular flexibility index (Phi) is 5.71. The maximum atomic E-state index is 12.9. The number of hydrogen-bond acceptors (Lipinski definition) is 4. The Bertz CT molecular complexity index is 918. The number of hydrogen-bond donors (Lipinski definition) is 1. The van der Waals surface area contributed by atoms with Gasteiger partial charge in [0, 0.05) is 16.9 Å². The first-order chi connectivity index (χ1) is 13.5. The van der Waals surface area contributed by atoms with Crippen molar-refractivity contribution in [3.63, 3.8) is 0 Å². The van der Waals surface area contributed by atoms with Gasteiger partial charge in [0.05, 0.1) is 11.4 Å². The molecule has 1 N–H and O–H groups in total. The van der Waals surface area contributed by atoms with Crippen LogP contribution in [0, 0.1) is 0 Å².